The SMILES string of the molecule is Cc1cc2c(cc1S(=O)(=O)N1CCN(C(=O)c3ccco3)CC1)n(C)c(=O)n2C. The van der Waals surface area contributed by atoms with E-state index in [1.165, 1.54) is 19.7 Å². The zero-order chi connectivity index (χ0) is 20.9. The Kier molecular flexibility index (Phi) is 4.62. The van der Waals surface area contributed by atoms with E-state index in [9.17, 15) is 18.0 Å². The summed E-state index contributed by atoms with van der Waals surface area (Å²) in [5.41, 5.74) is 1.61. The Morgan fingerprint density at radius 3 is 2.24 bits per heavy atom. The molecule has 9 nitrogen and oxygen atoms in total. The number of aryl methyl sites for hydroxylation is 3. The summed E-state index contributed by atoms with van der Waals surface area (Å²) >= 11 is 0. The first-order valence-electron chi connectivity index (χ1n) is 9.21. The van der Waals surface area contributed by atoms with Crippen LogP contribution in [0.5, 0.6) is 0 Å². The summed E-state index contributed by atoms with van der Waals surface area (Å²) in [6, 6.07) is 6.51. The molecule has 3 aromatic rings. The predicted molar refractivity (Wildman–Crippen MR) is 106 cm³/mol. The first-order chi connectivity index (χ1) is 13.7. The van der Waals surface area contributed by atoms with E-state index < -0.39 is 10.0 Å². The van der Waals surface area contributed by atoms with Gasteiger partial charge in [0.15, 0.2) is 5.76 Å². The monoisotopic (exact) mass is 418 g/mol. The van der Waals surface area contributed by atoms with Crippen LogP contribution in [-0.2, 0) is 24.1 Å². The highest BCUT2D eigenvalue weighted by Gasteiger charge is 2.32. The molecule has 4 rings (SSSR count). The summed E-state index contributed by atoms with van der Waals surface area (Å²) in [6.45, 7) is 2.67. The summed E-state index contributed by atoms with van der Waals surface area (Å²) in [4.78, 5) is 26.3. The molecule has 0 unspecified atom stereocenters. The first-order valence-corrected chi connectivity index (χ1v) is 10.6. The van der Waals surface area contributed by atoms with Crippen molar-refractivity contribution in [3.8, 4) is 0 Å². The number of amides is 1. The second-order valence-corrected chi connectivity index (χ2v) is 9.09. The molecule has 0 bridgehead atoms. The normalized spacial score (nSPS) is 15.9. The number of carbonyl (C=O) groups excluding carboxylic acids is 1. The number of nitrogens with zero attached hydrogens (tertiary/aromatic N) is 4. The van der Waals surface area contributed by atoms with E-state index in [2.05, 4.69) is 0 Å². The van der Waals surface area contributed by atoms with Gasteiger partial charge in [-0.3, -0.25) is 13.9 Å². The maximum Gasteiger partial charge on any atom is 0.328 e. The number of aromatic nitrogens is 2. The minimum Gasteiger partial charge on any atom is -0.459 e. The van der Waals surface area contributed by atoms with Crippen molar-refractivity contribution >= 4 is 27.0 Å². The topological polar surface area (TPSA) is 97.8 Å². The van der Waals surface area contributed by atoms with Crippen LogP contribution < -0.4 is 5.69 Å². The predicted octanol–water partition coefficient (Wildman–Crippen LogP) is 0.925. The molecule has 0 spiro atoms. The number of fused-ring (bicyclic) bond motifs is 1. The van der Waals surface area contributed by atoms with Crippen LogP contribution in [0.2, 0.25) is 0 Å². The number of furan rings is 1. The zero-order valence-corrected chi connectivity index (χ0v) is 17.3. The molecule has 0 saturated carbocycles. The third-order valence-corrected chi connectivity index (χ3v) is 7.48. The Morgan fingerprint density at radius 2 is 1.66 bits per heavy atom. The number of benzene rings is 1. The summed E-state index contributed by atoms with van der Waals surface area (Å²) in [7, 11) is -0.479. The minimum absolute atomic E-state index is 0.178. The van der Waals surface area contributed by atoms with E-state index in [1.807, 2.05) is 0 Å². The van der Waals surface area contributed by atoms with Gasteiger partial charge in [-0.15, -0.1) is 0 Å². The van der Waals surface area contributed by atoms with Crippen LogP contribution in [0.1, 0.15) is 16.1 Å². The lowest BCUT2D eigenvalue weighted by Gasteiger charge is -2.33. The fourth-order valence-corrected chi connectivity index (χ4v) is 5.38. The van der Waals surface area contributed by atoms with Crippen LogP contribution in [0.15, 0.2) is 44.6 Å². The van der Waals surface area contributed by atoms with Crippen molar-refractivity contribution in [1.82, 2.24) is 18.3 Å². The molecular formula is C19H22N4O5S. The lowest BCUT2D eigenvalue weighted by Crippen LogP contribution is -2.50. The van der Waals surface area contributed by atoms with Crippen molar-refractivity contribution in [2.24, 2.45) is 14.1 Å². The van der Waals surface area contributed by atoms with Crippen molar-refractivity contribution in [1.29, 1.82) is 0 Å². The summed E-state index contributed by atoms with van der Waals surface area (Å²) in [5, 5.41) is 0. The molecule has 3 heterocycles. The Bertz CT molecular complexity index is 1250. The number of rotatable bonds is 3. The third-order valence-electron chi connectivity index (χ3n) is 5.44. The van der Waals surface area contributed by atoms with E-state index in [0.717, 1.165) is 0 Å². The standard InChI is InChI=1S/C19H22N4O5S/c1-13-11-14-15(21(3)19(25)20(14)2)12-17(13)29(26,27)23-8-6-22(7-9-23)18(24)16-5-4-10-28-16/h4-5,10-12H,6-9H2,1-3H3. The van der Waals surface area contributed by atoms with Crippen molar-refractivity contribution in [3.63, 3.8) is 0 Å². The van der Waals surface area contributed by atoms with Gasteiger partial charge in [0.05, 0.1) is 22.2 Å². The van der Waals surface area contributed by atoms with E-state index in [0.29, 0.717) is 16.6 Å². The van der Waals surface area contributed by atoms with Gasteiger partial charge in [0.25, 0.3) is 5.91 Å². The van der Waals surface area contributed by atoms with Crippen LogP contribution in [0, 0.1) is 6.92 Å². The van der Waals surface area contributed by atoms with Gasteiger partial charge in [-0.05, 0) is 36.8 Å². The number of sulfonamides is 1. The molecule has 0 aliphatic carbocycles. The van der Waals surface area contributed by atoms with E-state index >= 15 is 0 Å². The molecule has 1 aromatic carbocycles. The highest BCUT2D eigenvalue weighted by atomic mass is 32.2. The first kappa shape index (κ1) is 19.5. The maximum atomic E-state index is 13.3. The van der Waals surface area contributed by atoms with Gasteiger partial charge in [-0.25, -0.2) is 13.2 Å². The quantitative estimate of drug-likeness (QED) is 0.630. The number of carbonyl (C=O) groups is 1. The molecule has 1 fully saturated rings. The Morgan fingerprint density at radius 1 is 1.03 bits per heavy atom. The van der Waals surface area contributed by atoms with Crippen LogP contribution in [0.3, 0.4) is 0 Å². The average molecular weight is 418 g/mol. The molecular weight excluding hydrogens is 396 g/mol. The van der Waals surface area contributed by atoms with Crippen molar-refractivity contribution < 1.29 is 17.6 Å². The minimum atomic E-state index is -3.76. The highest BCUT2D eigenvalue weighted by Crippen LogP contribution is 2.26. The fourth-order valence-electron chi connectivity index (χ4n) is 3.74. The largest absolute Gasteiger partial charge is 0.459 e. The molecule has 1 aliphatic heterocycles. The molecule has 29 heavy (non-hydrogen) atoms. The molecule has 1 amide bonds. The van der Waals surface area contributed by atoms with Crippen LogP contribution in [-0.4, -0.2) is 58.8 Å². The molecule has 154 valence electrons. The summed E-state index contributed by atoms with van der Waals surface area (Å²) in [6.07, 6.45) is 1.43. The molecule has 0 N–H and O–H groups in total. The number of hydrogen-bond donors (Lipinski definition) is 0. The molecule has 1 saturated heterocycles. The molecule has 2 aromatic heterocycles. The second kappa shape index (κ2) is 6.89. The maximum absolute atomic E-state index is 13.3. The van der Waals surface area contributed by atoms with E-state index in [1.54, 1.807) is 50.2 Å². The Hall–Kier alpha value is -2.85. The van der Waals surface area contributed by atoms with Gasteiger partial charge >= 0.3 is 5.69 Å². The molecule has 0 atom stereocenters. The van der Waals surface area contributed by atoms with Gasteiger partial charge in [0.2, 0.25) is 10.0 Å². The van der Waals surface area contributed by atoms with Crippen LogP contribution in [0.25, 0.3) is 11.0 Å². The smallest absolute Gasteiger partial charge is 0.328 e. The average Bonchev–Trinajstić information content (AvgIpc) is 3.32. The number of hydrogen-bond acceptors (Lipinski definition) is 5. The highest BCUT2D eigenvalue weighted by molar-refractivity contribution is 7.89. The number of imidazole rings is 1. The van der Waals surface area contributed by atoms with Gasteiger partial charge in [0.1, 0.15) is 0 Å². The fraction of sp³-hybridized carbons (Fsp3) is 0.368. The Labute approximate surface area is 167 Å². The number of piperazine rings is 1. The van der Waals surface area contributed by atoms with Crippen LogP contribution in [0.4, 0.5) is 0 Å². The molecule has 0 radical (unpaired) electrons. The lowest BCUT2D eigenvalue weighted by molar-refractivity contribution is 0.0666. The molecule has 1 aliphatic rings. The lowest BCUT2D eigenvalue weighted by atomic mass is 10.2. The Balaban J connectivity index is 1.61. The van der Waals surface area contributed by atoms with Crippen molar-refractivity contribution in [2.45, 2.75) is 11.8 Å². The van der Waals surface area contributed by atoms with Crippen molar-refractivity contribution in [2.75, 3.05) is 26.2 Å². The van der Waals surface area contributed by atoms with Gasteiger partial charge < -0.3 is 9.32 Å². The summed E-state index contributed by atoms with van der Waals surface area (Å²) in [5.74, 6) is -0.00321. The molecule has 10 heteroatoms. The third kappa shape index (κ3) is 3.08. The van der Waals surface area contributed by atoms with Crippen molar-refractivity contribution in [3.05, 3.63) is 52.3 Å². The second-order valence-electron chi connectivity index (χ2n) is 7.18. The summed E-state index contributed by atoms with van der Waals surface area (Å²) < 4.78 is 36.0. The van der Waals surface area contributed by atoms with E-state index in [4.69, 9.17) is 4.42 Å². The van der Waals surface area contributed by atoms with Crippen LogP contribution >= 0.6 is 0 Å². The van der Waals surface area contributed by atoms with E-state index in [-0.39, 0.29) is 48.4 Å². The zero-order valence-electron chi connectivity index (χ0n) is 16.5. The van der Waals surface area contributed by atoms with Gasteiger partial charge in [-0.2, -0.15) is 4.31 Å². The van der Waals surface area contributed by atoms with Gasteiger partial charge in [-0.1, -0.05) is 0 Å². The van der Waals surface area contributed by atoms with Gasteiger partial charge in [0, 0.05) is 40.3 Å².